The summed E-state index contributed by atoms with van der Waals surface area (Å²) in [4.78, 5) is 26.1. The molecular weight excluding hydrogens is 420 g/mol. The summed E-state index contributed by atoms with van der Waals surface area (Å²) in [6.07, 6.45) is 1.12. The van der Waals surface area contributed by atoms with Gasteiger partial charge < -0.3 is 15.5 Å². The fourth-order valence-corrected chi connectivity index (χ4v) is 3.54. The largest absolute Gasteiger partial charge is 0.334 e. The first-order valence-electron chi connectivity index (χ1n) is 8.49. The van der Waals surface area contributed by atoms with Crippen molar-refractivity contribution in [3.8, 4) is 0 Å². The molecule has 0 radical (unpaired) electrons. The third-order valence-electron chi connectivity index (χ3n) is 4.26. The number of hydrogen-bond acceptors (Lipinski definition) is 2. The maximum absolute atomic E-state index is 14.0. The van der Waals surface area contributed by atoms with E-state index in [9.17, 15) is 18.4 Å². The van der Waals surface area contributed by atoms with Crippen LogP contribution in [0.3, 0.4) is 0 Å². The van der Waals surface area contributed by atoms with E-state index in [0.717, 1.165) is 0 Å². The number of carbonyl (C=O) groups is 2. The topological polar surface area (TPSA) is 61.4 Å². The number of carbonyl (C=O) groups excluding carboxylic acids is 2. The highest BCUT2D eigenvalue weighted by Gasteiger charge is 2.31. The molecule has 1 heterocycles. The number of amides is 3. The number of halogens is 3. The van der Waals surface area contributed by atoms with Crippen LogP contribution in [0.25, 0.3) is 0 Å². The predicted octanol–water partition coefficient (Wildman–Crippen LogP) is 3.72. The van der Waals surface area contributed by atoms with Crippen LogP contribution in [0, 0.1) is 11.6 Å². The van der Waals surface area contributed by atoms with Gasteiger partial charge in [-0.25, -0.2) is 13.6 Å². The van der Waals surface area contributed by atoms with Gasteiger partial charge in [0.05, 0.1) is 5.69 Å². The van der Waals surface area contributed by atoms with E-state index in [-0.39, 0.29) is 18.1 Å². The van der Waals surface area contributed by atoms with Gasteiger partial charge in [-0.2, -0.15) is 0 Å². The normalized spacial score (nSPS) is 16.9. The standard InChI is InChI=1S/C19H18BrF2N3O2/c20-13-8-12(9-14(21)10-13)11-23-19(27)24-16-5-3-7-25(18(16)26)17-6-2-1-4-15(17)22/h1-2,4,6,8-10,16H,3,5,7,11H2,(H2,23,24,27). The molecule has 1 aliphatic heterocycles. The average molecular weight is 438 g/mol. The molecule has 8 heteroatoms. The third kappa shape index (κ3) is 4.82. The van der Waals surface area contributed by atoms with Crippen LogP contribution in [-0.4, -0.2) is 24.5 Å². The maximum Gasteiger partial charge on any atom is 0.315 e. The smallest absolute Gasteiger partial charge is 0.315 e. The second-order valence-electron chi connectivity index (χ2n) is 6.24. The Morgan fingerprint density at radius 3 is 2.74 bits per heavy atom. The Balaban J connectivity index is 1.60. The van der Waals surface area contributed by atoms with Gasteiger partial charge in [0.1, 0.15) is 17.7 Å². The second-order valence-corrected chi connectivity index (χ2v) is 7.16. The average Bonchev–Trinajstić information content (AvgIpc) is 2.62. The Labute approximate surface area is 163 Å². The summed E-state index contributed by atoms with van der Waals surface area (Å²) in [5, 5.41) is 5.22. The SMILES string of the molecule is O=C(NCc1cc(F)cc(Br)c1)NC1CCCN(c2ccccc2F)C1=O. The zero-order valence-corrected chi connectivity index (χ0v) is 15.9. The maximum atomic E-state index is 14.0. The summed E-state index contributed by atoms with van der Waals surface area (Å²) in [5.74, 6) is -1.24. The van der Waals surface area contributed by atoms with Gasteiger partial charge in [0, 0.05) is 17.6 Å². The molecule has 5 nitrogen and oxygen atoms in total. The number of urea groups is 1. The van der Waals surface area contributed by atoms with Gasteiger partial charge >= 0.3 is 6.03 Å². The lowest BCUT2D eigenvalue weighted by molar-refractivity contribution is -0.121. The summed E-state index contributed by atoms with van der Waals surface area (Å²) < 4.78 is 27.9. The van der Waals surface area contributed by atoms with E-state index < -0.39 is 23.7 Å². The highest BCUT2D eigenvalue weighted by Crippen LogP contribution is 2.24. The molecule has 3 amide bonds. The van der Waals surface area contributed by atoms with E-state index in [4.69, 9.17) is 0 Å². The first-order valence-corrected chi connectivity index (χ1v) is 9.28. The molecule has 0 aliphatic carbocycles. The fraction of sp³-hybridized carbons (Fsp3) is 0.263. The lowest BCUT2D eigenvalue weighted by Gasteiger charge is -2.32. The zero-order chi connectivity index (χ0) is 19.4. The van der Waals surface area contributed by atoms with Crippen molar-refractivity contribution in [1.29, 1.82) is 0 Å². The Morgan fingerprint density at radius 2 is 2.00 bits per heavy atom. The molecule has 2 aromatic carbocycles. The first-order chi connectivity index (χ1) is 12.9. The van der Waals surface area contributed by atoms with E-state index in [1.165, 1.54) is 29.2 Å². The molecule has 142 valence electrons. The number of rotatable bonds is 4. The minimum absolute atomic E-state index is 0.111. The van der Waals surface area contributed by atoms with Crippen molar-refractivity contribution in [3.63, 3.8) is 0 Å². The summed E-state index contributed by atoms with van der Waals surface area (Å²) in [7, 11) is 0. The van der Waals surface area contributed by atoms with Gasteiger partial charge in [0.2, 0.25) is 5.91 Å². The Kier molecular flexibility index (Phi) is 6.05. The molecule has 1 fully saturated rings. The van der Waals surface area contributed by atoms with E-state index in [2.05, 4.69) is 26.6 Å². The second kappa shape index (κ2) is 8.47. The van der Waals surface area contributed by atoms with Crippen LogP contribution >= 0.6 is 15.9 Å². The number of piperidine rings is 1. The van der Waals surface area contributed by atoms with Gasteiger partial charge in [-0.3, -0.25) is 4.79 Å². The minimum atomic E-state index is -0.738. The lowest BCUT2D eigenvalue weighted by atomic mass is 10.0. The van der Waals surface area contributed by atoms with Gasteiger partial charge in [-0.05, 0) is 48.7 Å². The van der Waals surface area contributed by atoms with Crippen LogP contribution in [0.5, 0.6) is 0 Å². The lowest BCUT2D eigenvalue weighted by Crippen LogP contribution is -2.54. The van der Waals surface area contributed by atoms with Gasteiger partial charge in [0.25, 0.3) is 0 Å². The number of nitrogens with one attached hydrogen (secondary N) is 2. The summed E-state index contributed by atoms with van der Waals surface area (Å²) in [6.45, 7) is 0.511. The van der Waals surface area contributed by atoms with Gasteiger partial charge in [-0.1, -0.05) is 28.1 Å². The van der Waals surface area contributed by atoms with Crippen molar-refractivity contribution >= 4 is 33.6 Å². The Hall–Kier alpha value is -2.48. The number of nitrogens with zero attached hydrogens (tertiary/aromatic N) is 1. The zero-order valence-electron chi connectivity index (χ0n) is 14.3. The summed E-state index contributed by atoms with van der Waals surface area (Å²) in [5.41, 5.74) is 0.791. The number of anilines is 1. The molecule has 0 saturated carbocycles. The number of hydrogen-bond donors (Lipinski definition) is 2. The Morgan fingerprint density at radius 1 is 1.22 bits per heavy atom. The first kappa shape index (κ1) is 19.3. The minimum Gasteiger partial charge on any atom is -0.334 e. The highest BCUT2D eigenvalue weighted by atomic mass is 79.9. The molecule has 2 N–H and O–H groups in total. The molecule has 27 heavy (non-hydrogen) atoms. The Bertz CT molecular complexity index is 842. The van der Waals surface area contributed by atoms with Crippen LogP contribution in [0.15, 0.2) is 46.9 Å². The molecule has 1 unspecified atom stereocenters. The van der Waals surface area contributed by atoms with E-state index >= 15 is 0 Å². The molecule has 2 aromatic rings. The quantitative estimate of drug-likeness (QED) is 0.765. The van der Waals surface area contributed by atoms with Gasteiger partial charge in [0.15, 0.2) is 0 Å². The van der Waals surface area contributed by atoms with Crippen molar-refractivity contribution in [2.24, 2.45) is 0 Å². The summed E-state index contributed by atoms with van der Waals surface area (Å²) in [6, 6.07) is 9.10. The molecule has 0 bridgehead atoms. The predicted molar refractivity (Wildman–Crippen MR) is 101 cm³/mol. The van der Waals surface area contributed by atoms with Crippen molar-refractivity contribution < 1.29 is 18.4 Å². The monoisotopic (exact) mass is 437 g/mol. The van der Waals surface area contributed by atoms with Crippen molar-refractivity contribution in [1.82, 2.24) is 10.6 Å². The molecule has 1 atom stereocenters. The van der Waals surface area contributed by atoms with Crippen LogP contribution in [0.2, 0.25) is 0 Å². The summed E-state index contributed by atoms with van der Waals surface area (Å²) >= 11 is 3.19. The molecule has 1 aliphatic rings. The fourth-order valence-electron chi connectivity index (χ4n) is 3.02. The molecule has 3 rings (SSSR count). The van der Waals surface area contributed by atoms with Crippen LogP contribution in [0.1, 0.15) is 18.4 Å². The van der Waals surface area contributed by atoms with Crippen molar-refractivity contribution in [2.75, 3.05) is 11.4 Å². The number of benzene rings is 2. The third-order valence-corrected chi connectivity index (χ3v) is 4.72. The molecule has 1 saturated heterocycles. The molecule has 0 spiro atoms. The van der Waals surface area contributed by atoms with E-state index in [1.54, 1.807) is 18.2 Å². The van der Waals surface area contributed by atoms with Crippen LogP contribution in [-0.2, 0) is 11.3 Å². The van der Waals surface area contributed by atoms with Crippen molar-refractivity contribution in [3.05, 3.63) is 64.1 Å². The van der Waals surface area contributed by atoms with Crippen LogP contribution < -0.4 is 15.5 Å². The molecular formula is C19H18BrF2N3O2. The molecule has 0 aromatic heterocycles. The number of para-hydroxylation sites is 1. The van der Waals surface area contributed by atoms with E-state index in [0.29, 0.717) is 29.4 Å². The highest BCUT2D eigenvalue weighted by molar-refractivity contribution is 9.10. The van der Waals surface area contributed by atoms with Crippen LogP contribution in [0.4, 0.5) is 19.3 Å². The van der Waals surface area contributed by atoms with E-state index in [1.807, 2.05) is 0 Å². The van der Waals surface area contributed by atoms with Crippen molar-refractivity contribution in [2.45, 2.75) is 25.4 Å². The van der Waals surface area contributed by atoms with Gasteiger partial charge in [-0.15, -0.1) is 0 Å².